The number of likely N-dealkylation sites (N-methyl/N-ethyl adjacent to an activating group) is 1. The maximum atomic E-state index is 12.4. The van der Waals surface area contributed by atoms with E-state index in [1.54, 1.807) is 11.1 Å². The number of likely N-dealkylation sites (tertiary alicyclic amines) is 1. The van der Waals surface area contributed by atoms with Crippen LogP contribution in [0, 0.1) is 5.92 Å². The molecule has 0 spiro atoms. The molecule has 1 aromatic heterocycles. The Kier molecular flexibility index (Phi) is 7.23. The van der Waals surface area contributed by atoms with E-state index in [0.717, 1.165) is 42.7 Å². The molecule has 2 aromatic rings. The van der Waals surface area contributed by atoms with Gasteiger partial charge in [-0.05, 0) is 56.1 Å². The van der Waals surface area contributed by atoms with Gasteiger partial charge in [-0.15, -0.1) is 5.10 Å². The average Bonchev–Trinajstić information content (AvgIpc) is 3.18. The number of rotatable bonds is 8. The van der Waals surface area contributed by atoms with Crippen LogP contribution in [0.2, 0.25) is 0 Å². The highest BCUT2D eigenvalue weighted by Crippen LogP contribution is 2.19. The Morgan fingerprint density at radius 2 is 2.04 bits per heavy atom. The van der Waals surface area contributed by atoms with E-state index in [0.29, 0.717) is 25.6 Å². The summed E-state index contributed by atoms with van der Waals surface area (Å²) in [5, 5.41) is 7.88. The van der Waals surface area contributed by atoms with Gasteiger partial charge in [0.1, 0.15) is 12.4 Å². The molecule has 8 heteroatoms. The molecule has 0 aliphatic carbocycles. The Morgan fingerprint density at radius 3 is 2.70 bits per heavy atom. The molecule has 1 aliphatic heterocycles. The molecule has 1 amide bonds. The van der Waals surface area contributed by atoms with Crippen molar-refractivity contribution in [1.29, 1.82) is 0 Å². The molecule has 1 aliphatic rings. The van der Waals surface area contributed by atoms with Gasteiger partial charge in [-0.25, -0.2) is 0 Å². The standard InChI is InChI=1S/C19H26BrN5O2/c1-23(12-13-27-18-4-2-17(20)3-5-18)19(26)15-24-9-6-16(7-10-24)14-25-11-8-21-22-25/h2-5,8,11,16H,6-7,9-10,12-15H2,1H3. The van der Waals surface area contributed by atoms with Crippen LogP contribution >= 0.6 is 15.9 Å². The zero-order chi connectivity index (χ0) is 19.1. The first-order valence-electron chi connectivity index (χ1n) is 9.29. The van der Waals surface area contributed by atoms with Gasteiger partial charge in [-0.2, -0.15) is 0 Å². The number of hydrogen-bond donors (Lipinski definition) is 0. The van der Waals surface area contributed by atoms with E-state index in [-0.39, 0.29) is 5.91 Å². The third-order valence-electron chi connectivity index (χ3n) is 4.92. The minimum Gasteiger partial charge on any atom is -0.492 e. The topological polar surface area (TPSA) is 63.5 Å². The fourth-order valence-corrected chi connectivity index (χ4v) is 3.45. The van der Waals surface area contributed by atoms with Crippen LogP contribution in [0.4, 0.5) is 0 Å². The van der Waals surface area contributed by atoms with Gasteiger partial charge in [-0.3, -0.25) is 14.4 Å². The molecule has 27 heavy (non-hydrogen) atoms. The molecule has 146 valence electrons. The predicted octanol–water partition coefficient (Wildman–Crippen LogP) is 2.29. The van der Waals surface area contributed by atoms with Crippen LogP contribution in [-0.2, 0) is 11.3 Å². The number of amides is 1. The number of ether oxygens (including phenoxy) is 1. The van der Waals surface area contributed by atoms with Gasteiger partial charge in [0, 0.05) is 24.3 Å². The summed E-state index contributed by atoms with van der Waals surface area (Å²) >= 11 is 3.40. The molecular weight excluding hydrogens is 410 g/mol. The number of piperidine rings is 1. The summed E-state index contributed by atoms with van der Waals surface area (Å²) in [6.07, 6.45) is 5.79. The smallest absolute Gasteiger partial charge is 0.236 e. The third-order valence-corrected chi connectivity index (χ3v) is 5.45. The summed E-state index contributed by atoms with van der Waals surface area (Å²) in [6, 6.07) is 7.71. The molecule has 0 saturated carbocycles. The monoisotopic (exact) mass is 435 g/mol. The first kappa shape index (κ1) is 19.8. The molecule has 2 heterocycles. The predicted molar refractivity (Wildman–Crippen MR) is 106 cm³/mol. The van der Waals surface area contributed by atoms with Crippen molar-refractivity contribution >= 4 is 21.8 Å². The van der Waals surface area contributed by atoms with Crippen molar-refractivity contribution in [2.75, 3.05) is 39.8 Å². The van der Waals surface area contributed by atoms with E-state index in [1.807, 2.05) is 42.2 Å². The Labute approximate surface area is 168 Å². The molecule has 0 bridgehead atoms. The van der Waals surface area contributed by atoms with E-state index in [9.17, 15) is 4.79 Å². The van der Waals surface area contributed by atoms with Crippen molar-refractivity contribution in [2.24, 2.45) is 5.92 Å². The summed E-state index contributed by atoms with van der Waals surface area (Å²) in [7, 11) is 1.84. The number of benzene rings is 1. The van der Waals surface area contributed by atoms with Crippen LogP contribution in [0.15, 0.2) is 41.1 Å². The largest absolute Gasteiger partial charge is 0.492 e. The first-order chi connectivity index (χ1) is 13.1. The number of halogens is 1. The van der Waals surface area contributed by atoms with Crippen LogP contribution in [0.1, 0.15) is 12.8 Å². The lowest BCUT2D eigenvalue weighted by molar-refractivity contribution is -0.131. The number of carbonyl (C=O) groups is 1. The number of aromatic nitrogens is 3. The molecule has 0 unspecified atom stereocenters. The third kappa shape index (κ3) is 6.32. The maximum absolute atomic E-state index is 12.4. The van der Waals surface area contributed by atoms with Crippen molar-refractivity contribution in [3.8, 4) is 5.75 Å². The summed E-state index contributed by atoms with van der Waals surface area (Å²) in [5.74, 6) is 1.56. The summed E-state index contributed by atoms with van der Waals surface area (Å²) < 4.78 is 8.61. The van der Waals surface area contributed by atoms with Crippen molar-refractivity contribution in [3.63, 3.8) is 0 Å². The van der Waals surface area contributed by atoms with Crippen LogP contribution in [0.25, 0.3) is 0 Å². The zero-order valence-corrected chi connectivity index (χ0v) is 17.2. The molecule has 1 fully saturated rings. The summed E-state index contributed by atoms with van der Waals surface area (Å²) in [5.41, 5.74) is 0. The van der Waals surface area contributed by atoms with Crippen molar-refractivity contribution in [1.82, 2.24) is 24.8 Å². The molecule has 0 N–H and O–H groups in total. The summed E-state index contributed by atoms with van der Waals surface area (Å²) in [4.78, 5) is 16.4. The van der Waals surface area contributed by atoms with Gasteiger partial charge in [-0.1, -0.05) is 21.1 Å². The Morgan fingerprint density at radius 1 is 1.30 bits per heavy atom. The minimum atomic E-state index is 0.143. The number of hydrogen-bond acceptors (Lipinski definition) is 5. The molecule has 1 aromatic carbocycles. The highest BCUT2D eigenvalue weighted by Gasteiger charge is 2.22. The van der Waals surface area contributed by atoms with Gasteiger partial charge >= 0.3 is 0 Å². The van der Waals surface area contributed by atoms with Crippen LogP contribution in [0.3, 0.4) is 0 Å². The van der Waals surface area contributed by atoms with Crippen LogP contribution < -0.4 is 4.74 Å². The van der Waals surface area contributed by atoms with Crippen molar-refractivity contribution in [3.05, 3.63) is 41.1 Å². The summed E-state index contributed by atoms with van der Waals surface area (Å²) in [6.45, 7) is 4.37. The van der Waals surface area contributed by atoms with Crippen LogP contribution in [-0.4, -0.2) is 70.5 Å². The molecule has 1 saturated heterocycles. The second-order valence-corrected chi connectivity index (χ2v) is 7.88. The fourth-order valence-electron chi connectivity index (χ4n) is 3.19. The number of nitrogens with zero attached hydrogens (tertiary/aromatic N) is 5. The van der Waals surface area contributed by atoms with E-state index in [4.69, 9.17) is 4.74 Å². The number of carbonyl (C=O) groups excluding carboxylic acids is 1. The highest BCUT2D eigenvalue weighted by atomic mass is 79.9. The van der Waals surface area contributed by atoms with E-state index in [1.165, 1.54) is 0 Å². The Balaban J connectivity index is 1.33. The fraction of sp³-hybridized carbons (Fsp3) is 0.526. The quantitative estimate of drug-likeness (QED) is 0.636. The first-order valence-corrected chi connectivity index (χ1v) is 10.1. The average molecular weight is 436 g/mol. The lowest BCUT2D eigenvalue weighted by Crippen LogP contribution is -2.43. The van der Waals surface area contributed by atoms with E-state index < -0.39 is 0 Å². The van der Waals surface area contributed by atoms with E-state index in [2.05, 4.69) is 31.1 Å². The lowest BCUT2D eigenvalue weighted by Gasteiger charge is -2.32. The second-order valence-electron chi connectivity index (χ2n) is 6.96. The van der Waals surface area contributed by atoms with Gasteiger partial charge in [0.15, 0.2) is 0 Å². The zero-order valence-electron chi connectivity index (χ0n) is 15.6. The lowest BCUT2D eigenvalue weighted by atomic mass is 9.97. The van der Waals surface area contributed by atoms with Gasteiger partial charge in [0.05, 0.1) is 19.3 Å². The minimum absolute atomic E-state index is 0.143. The maximum Gasteiger partial charge on any atom is 0.236 e. The van der Waals surface area contributed by atoms with Gasteiger partial charge in [0.2, 0.25) is 5.91 Å². The van der Waals surface area contributed by atoms with Crippen molar-refractivity contribution in [2.45, 2.75) is 19.4 Å². The second kappa shape index (κ2) is 9.85. The Bertz CT molecular complexity index is 699. The van der Waals surface area contributed by atoms with Gasteiger partial charge in [0.25, 0.3) is 0 Å². The molecule has 7 nitrogen and oxygen atoms in total. The molecule has 3 rings (SSSR count). The highest BCUT2D eigenvalue weighted by molar-refractivity contribution is 9.10. The normalized spacial score (nSPS) is 15.6. The molecular formula is C19H26BrN5O2. The SMILES string of the molecule is CN(CCOc1ccc(Br)cc1)C(=O)CN1CCC(Cn2ccnn2)CC1. The van der Waals surface area contributed by atoms with Crippen molar-refractivity contribution < 1.29 is 9.53 Å². The molecule has 0 atom stereocenters. The van der Waals surface area contributed by atoms with Crippen LogP contribution in [0.5, 0.6) is 5.75 Å². The van der Waals surface area contributed by atoms with Gasteiger partial charge < -0.3 is 9.64 Å². The van der Waals surface area contributed by atoms with E-state index >= 15 is 0 Å². The molecule has 0 radical (unpaired) electrons. The Hall–Kier alpha value is -1.93.